The van der Waals surface area contributed by atoms with E-state index in [9.17, 15) is 8.42 Å². The Morgan fingerprint density at radius 1 is 1.47 bits per heavy atom. The summed E-state index contributed by atoms with van der Waals surface area (Å²) in [6.45, 7) is 4.29. The van der Waals surface area contributed by atoms with E-state index in [0.29, 0.717) is 13.1 Å². The molecule has 1 saturated heterocycles. The van der Waals surface area contributed by atoms with E-state index in [1.807, 2.05) is 0 Å². The third-order valence-electron chi connectivity index (χ3n) is 2.71. The standard InChI is InChI=1S/C9H21N3O2S/c1-2-6-11-8-9-5-3-4-7-12(9)15(10,13)14/h9,11H,2-8H2,1H3,(H2,10,13,14). The normalized spacial score (nSPS) is 24.3. The second-order valence-corrected chi connectivity index (χ2v) is 5.51. The first-order valence-electron chi connectivity index (χ1n) is 5.56. The van der Waals surface area contributed by atoms with Gasteiger partial charge in [0.15, 0.2) is 0 Å². The molecule has 0 aromatic heterocycles. The number of nitrogens with zero attached hydrogens (tertiary/aromatic N) is 1. The van der Waals surface area contributed by atoms with Crippen LogP contribution in [0.4, 0.5) is 0 Å². The highest BCUT2D eigenvalue weighted by Gasteiger charge is 2.29. The predicted molar refractivity (Wildman–Crippen MR) is 60.6 cm³/mol. The number of nitrogens with two attached hydrogens (primary N) is 1. The van der Waals surface area contributed by atoms with Crippen LogP contribution in [0.3, 0.4) is 0 Å². The molecule has 1 aliphatic heterocycles. The van der Waals surface area contributed by atoms with E-state index >= 15 is 0 Å². The summed E-state index contributed by atoms with van der Waals surface area (Å²) in [6.07, 6.45) is 3.97. The fourth-order valence-electron chi connectivity index (χ4n) is 1.96. The summed E-state index contributed by atoms with van der Waals surface area (Å²) in [7, 11) is -3.52. The largest absolute Gasteiger partial charge is 0.315 e. The molecule has 6 heteroatoms. The predicted octanol–water partition coefficient (Wildman–Crippen LogP) is 0.0440. The molecule has 0 saturated carbocycles. The van der Waals surface area contributed by atoms with Crippen LogP contribution in [0.5, 0.6) is 0 Å². The lowest BCUT2D eigenvalue weighted by molar-refractivity contribution is 0.246. The summed E-state index contributed by atoms with van der Waals surface area (Å²) in [5.41, 5.74) is 0. The van der Waals surface area contributed by atoms with Crippen LogP contribution >= 0.6 is 0 Å². The van der Waals surface area contributed by atoms with Gasteiger partial charge in [-0.25, -0.2) is 5.14 Å². The van der Waals surface area contributed by atoms with Crippen LogP contribution < -0.4 is 10.5 Å². The fraction of sp³-hybridized carbons (Fsp3) is 1.00. The molecule has 1 atom stereocenters. The van der Waals surface area contributed by atoms with Gasteiger partial charge in [-0.3, -0.25) is 0 Å². The van der Waals surface area contributed by atoms with E-state index < -0.39 is 10.2 Å². The molecule has 3 N–H and O–H groups in total. The van der Waals surface area contributed by atoms with Crippen molar-refractivity contribution in [2.24, 2.45) is 5.14 Å². The second-order valence-electron chi connectivity index (χ2n) is 4.01. The molecular weight excluding hydrogens is 214 g/mol. The van der Waals surface area contributed by atoms with Crippen molar-refractivity contribution in [1.82, 2.24) is 9.62 Å². The van der Waals surface area contributed by atoms with Gasteiger partial charge in [0.05, 0.1) is 0 Å². The third-order valence-corrected chi connectivity index (χ3v) is 3.84. The molecule has 0 aromatic carbocycles. The highest BCUT2D eigenvalue weighted by Crippen LogP contribution is 2.18. The van der Waals surface area contributed by atoms with E-state index in [2.05, 4.69) is 12.2 Å². The van der Waals surface area contributed by atoms with Crippen molar-refractivity contribution < 1.29 is 8.42 Å². The first-order chi connectivity index (χ1) is 7.05. The quantitative estimate of drug-likeness (QED) is 0.661. The molecule has 90 valence electrons. The Morgan fingerprint density at radius 2 is 2.20 bits per heavy atom. The molecule has 0 aromatic rings. The Bertz CT molecular complexity index is 279. The van der Waals surface area contributed by atoms with Crippen LogP contribution in [0.15, 0.2) is 0 Å². The lowest BCUT2D eigenvalue weighted by Gasteiger charge is -2.33. The van der Waals surface area contributed by atoms with Crippen LogP contribution in [-0.4, -0.2) is 38.4 Å². The fourth-order valence-corrected chi connectivity index (χ4v) is 2.94. The first-order valence-corrected chi connectivity index (χ1v) is 7.06. The summed E-state index contributed by atoms with van der Waals surface area (Å²) in [5.74, 6) is 0. The van der Waals surface area contributed by atoms with Gasteiger partial charge >= 0.3 is 0 Å². The minimum absolute atomic E-state index is 0.0419. The van der Waals surface area contributed by atoms with Crippen molar-refractivity contribution in [3.8, 4) is 0 Å². The van der Waals surface area contributed by atoms with Gasteiger partial charge in [0, 0.05) is 19.1 Å². The number of hydrogen-bond acceptors (Lipinski definition) is 3. The summed E-state index contributed by atoms with van der Waals surface area (Å²) in [5, 5.41) is 8.42. The van der Waals surface area contributed by atoms with Crippen LogP contribution in [0.1, 0.15) is 32.6 Å². The van der Waals surface area contributed by atoms with Crippen molar-refractivity contribution in [3.63, 3.8) is 0 Å². The number of hydrogen-bond donors (Lipinski definition) is 2. The SMILES string of the molecule is CCCNCC1CCCCN1S(N)(=O)=O. The molecule has 1 aliphatic rings. The topological polar surface area (TPSA) is 75.4 Å². The molecule has 1 fully saturated rings. The lowest BCUT2D eigenvalue weighted by atomic mass is 10.1. The third kappa shape index (κ3) is 4.06. The maximum atomic E-state index is 11.3. The molecule has 1 heterocycles. The Labute approximate surface area is 92.2 Å². The van der Waals surface area contributed by atoms with E-state index in [-0.39, 0.29) is 6.04 Å². The van der Waals surface area contributed by atoms with Crippen molar-refractivity contribution >= 4 is 10.2 Å². The zero-order valence-corrected chi connectivity index (χ0v) is 10.1. The van der Waals surface area contributed by atoms with Gasteiger partial charge in [0.1, 0.15) is 0 Å². The number of nitrogens with one attached hydrogen (secondary N) is 1. The van der Waals surface area contributed by atoms with E-state index in [0.717, 1.165) is 32.2 Å². The van der Waals surface area contributed by atoms with Gasteiger partial charge in [0.2, 0.25) is 0 Å². The molecule has 0 bridgehead atoms. The van der Waals surface area contributed by atoms with E-state index in [4.69, 9.17) is 5.14 Å². The van der Waals surface area contributed by atoms with Crippen LogP contribution in [-0.2, 0) is 10.2 Å². The molecule has 5 nitrogen and oxygen atoms in total. The van der Waals surface area contributed by atoms with Gasteiger partial charge in [-0.1, -0.05) is 13.3 Å². The van der Waals surface area contributed by atoms with E-state index in [1.54, 1.807) is 0 Å². The minimum Gasteiger partial charge on any atom is -0.315 e. The number of piperidine rings is 1. The summed E-state index contributed by atoms with van der Waals surface area (Å²) < 4.78 is 24.0. The summed E-state index contributed by atoms with van der Waals surface area (Å²) in [4.78, 5) is 0. The Hall–Kier alpha value is -0.170. The second kappa shape index (κ2) is 5.79. The zero-order valence-electron chi connectivity index (χ0n) is 9.28. The van der Waals surface area contributed by atoms with Crippen molar-refractivity contribution in [2.75, 3.05) is 19.6 Å². The highest BCUT2D eigenvalue weighted by atomic mass is 32.2. The minimum atomic E-state index is -3.52. The zero-order chi connectivity index (χ0) is 11.3. The maximum absolute atomic E-state index is 11.3. The Kier molecular flexibility index (Phi) is 4.98. The monoisotopic (exact) mass is 235 g/mol. The van der Waals surface area contributed by atoms with Crippen LogP contribution in [0, 0.1) is 0 Å². The van der Waals surface area contributed by atoms with E-state index in [1.165, 1.54) is 4.31 Å². The summed E-state index contributed by atoms with van der Waals surface area (Å²) in [6, 6.07) is 0.0419. The van der Waals surface area contributed by atoms with Gasteiger partial charge in [-0.2, -0.15) is 12.7 Å². The lowest BCUT2D eigenvalue weighted by Crippen LogP contribution is -2.50. The molecule has 1 unspecified atom stereocenters. The smallest absolute Gasteiger partial charge is 0.277 e. The average molecular weight is 235 g/mol. The van der Waals surface area contributed by atoms with Crippen molar-refractivity contribution in [1.29, 1.82) is 0 Å². The van der Waals surface area contributed by atoms with Crippen molar-refractivity contribution in [2.45, 2.75) is 38.6 Å². The first kappa shape index (κ1) is 12.9. The highest BCUT2D eigenvalue weighted by molar-refractivity contribution is 7.86. The Balaban J connectivity index is 2.51. The van der Waals surface area contributed by atoms with Gasteiger partial charge < -0.3 is 5.32 Å². The molecule has 0 spiro atoms. The van der Waals surface area contributed by atoms with Crippen molar-refractivity contribution in [3.05, 3.63) is 0 Å². The molecule has 15 heavy (non-hydrogen) atoms. The maximum Gasteiger partial charge on any atom is 0.277 e. The Morgan fingerprint density at radius 3 is 2.80 bits per heavy atom. The molecule has 0 amide bonds. The number of rotatable bonds is 5. The summed E-state index contributed by atoms with van der Waals surface area (Å²) >= 11 is 0. The molecule has 0 radical (unpaired) electrons. The van der Waals surface area contributed by atoms with Gasteiger partial charge in [-0.05, 0) is 25.8 Å². The average Bonchev–Trinajstić information content (AvgIpc) is 2.17. The van der Waals surface area contributed by atoms with Gasteiger partial charge in [-0.15, -0.1) is 0 Å². The molecular formula is C9H21N3O2S. The van der Waals surface area contributed by atoms with Crippen LogP contribution in [0.2, 0.25) is 0 Å². The van der Waals surface area contributed by atoms with Gasteiger partial charge in [0.25, 0.3) is 10.2 Å². The van der Waals surface area contributed by atoms with Crippen LogP contribution in [0.25, 0.3) is 0 Å². The molecule has 1 rings (SSSR count). The molecule has 0 aliphatic carbocycles.